The van der Waals surface area contributed by atoms with E-state index in [9.17, 15) is 18.0 Å². The summed E-state index contributed by atoms with van der Waals surface area (Å²) in [6.45, 7) is 0.630. The smallest absolute Gasteiger partial charge is 0.419 e. The Labute approximate surface area is 133 Å². The number of para-hydroxylation sites is 1. The first-order valence-corrected chi connectivity index (χ1v) is 7.70. The molecule has 1 saturated carbocycles. The maximum Gasteiger partial charge on any atom is 0.419 e. The van der Waals surface area contributed by atoms with Crippen molar-refractivity contribution >= 4 is 5.91 Å². The van der Waals surface area contributed by atoms with Crippen LogP contribution in [0.2, 0.25) is 0 Å². The zero-order valence-corrected chi connectivity index (χ0v) is 12.7. The highest BCUT2D eigenvalue weighted by molar-refractivity contribution is 5.79. The van der Waals surface area contributed by atoms with Gasteiger partial charge in [0.25, 0.3) is 0 Å². The monoisotopic (exact) mass is 330 g/mol. The van der Waals surface area contributed by atoms with Crippen LogP contribution in [-0.4, -0.2) is 25.6 Å². The molecule has 0 heterocycles. The van der Waals surface area contributed by atoms with E-state index in [2.05, 4.69) is 5.32 Å². The number of hydrogen-bond donors (Lipinski definition) is 2. The molecule has 0 radical (unpaired) electrons. The van der Waals surface area contributed by atoms with E-state index in [1.54, 1.807) is 0 Å². The fourth-order valence-corrected chi connectivity index (χ4v) is 2.96. The third kappa shape index (κ3) is 4.60. The molecule has 7 heteroatoms. The standard InChI is InChI=1S/C16H21F3N2O2/c17-16(18,19)13-6-1-2-7-14(13)23-9-8-21-15(22)12-5-3-4-11(12)10-20/h1-2,6-7,11-12H,3-5,8-10,20H2,(H,21,22)/t11-,12-/m1/s1. The number of rotatable bonds is 6. The molecule has 2 atom stereocenters. The fraction of sp³-hybridized carbons (Fsp3) is 0.562. The van der Waals surface area contributed by atoms with Gasteiger partial charge in [0.1, 0.15) is 12.4 Å². The van der Waals surface area contributed by atoms with E-state index >= 15 is 0 Å². The minimum Gasteiger partial charge on any atom is -0.491 e. The zero-order chi connectivity index (χ0) is 16.9. The van der Waals surface area contributed by atoms with Crippen LogP contribution in [0.1, 0.15) is 24.8 Å². The quantitative estimate of drug-likeness (QED) is 0.788. The van der Waals surface area contributed by atoms with Crippen molar-refractivity contribution in [3.8, 4) is 5.75 Å². The molecule has 0 aromatic heterocycles. The van der Waals surface area contributed by atoms with E-state index in [4.69, 9.17) is 10.5 Å². The van der Waals surface area contributed by atoms with E-state index in [0.717, 1.165) is 25.3 Å². The highest BCUT2D eigenvalue weighted by Gasteiger charge is 2.34. The number of alkyl halides is 3. The second-order valence-corrected chi connectivity index (χ2v) is 5.67. The first kappa shape index (κ1) is 17.6. The number of benzene rings is 1. The van der Waals surface area contributed by atoms with Crippen molar-refractivity contribution in [2.45, 2.75) is 25.4 Å². The van der Waals surface area contributed by atoms with Crippen LogP contribution >= 0.6 is 0 Å². The molecule has 0 spiro atoms. The molecule has 1 aromatic carbocycles. The van der Waals surface area contributed by atoms with Crippen molar-refractivity contribution in [1.29, 1.82) is 0 Å². The number of amides is 1. The van der Waals surface area contributed by atoms with Crippen molar-refractivity contribution in [3.63, 3.8) is 0 Å². The van der Waals surface area contributed by atoms with Crippen molar-refractivity contribution < 1.29 is 22.7 Å². The van der Waals surface area contributed by atoms with Gasteiger partial charge < -0.3 is 15.8 Å². The molecule has 23 heavy (non-hydrogen) atoms. The highest BCUT2D eigenvalue weighted by atomic mass is 19.4. The summed E-state index contributed by atoms with van der Waals surface area (Å²) in [4.78, 5) is 12.0. The Morgan fingerprint density at radius 3 is 2.74 bits per heavy atom. The molecule has 4 nitrogen and oxygen atoms in total. The predicted octanol–water partition coefficient (Wildman–Crippen LogP) is 2.58. The Bertz CT molecular complexity index is 534. The molecule has 128 valence electrons. The molecule has 0 bridgehead atoms. The number of hydrogen-bond acceptors (Lipinski definition) is 3. The summed E-state index contributed by atoms with van der Waals surface area (Å²) in [5.74, 6) is -0.218. The topological polar surface area (TPSA) is 64.4 Å². The number of halogens is 3. The summed E-state index contributed by atoms with van der Waals surface area (Å²) in [7, 11) is 0. The van der Waals surface area contributed by atoms with Crippen LogP contribution in [0.5, 0.6) is 5.75 Å². The zero-order valence-electron chi connectivity index (χ0n) is 12.7. The van der Waals surface area contributed by atoms with Crippen LogP contribution in [0, 0.1) is 11.8 Å². The van der Waals surface area contributed by atoms with Gasteiger partial charge in [-0.2, -0.15) is 13.2 Å². The lowest BCUT2D eigenvalue weighted by atomic mass is 9.95. The van der Waals surface area contributed by atoms with Gasteiger partial charge >= 0.3 is 6.18 Å². The first-order chi connectivity index (χ1) is 10.9. The summed E-state index contributed by atoms with van der Waals surface area (Å²) < 4.78 is 43.6. The average Bonchev–Trinajstić information content (AvgIpc) is 2.99. The lowest BCUT2D eigenvalue weighted by Crippen LogP contribution is -2.37. The minimum atomic E-state index is -4.46. The first-order valence-electron chi connectivity index (χ1n) is 7.70. The van der Waals surface area contributed by atoms with Gasteiger partial charge in [-0.3, -0.25) is 4.79 Å². The summed E-state index contributed by atoms with van der Waals surface area (Å²) in [5, 5.41) is 2.72. The van der Waals surface area contributed by atoms with Gasteiger partial charge in [-0.25, -0.2) is 0 Å². The van der Waals surface area contributed by atoms with Gasteiger partial charge in [-0.05, 0) is 37.4 Å². The van der Waals surface area contributed by atoms with Crippen LogP contribution in [0.4, 0.5) is 13.2 Å². The van der Waals surface area contributed by atoms with Crippen molar-refractivity contribution in [2.75, 3.05) is 19.7 Å². The fourth-order valence-electron chi connectivity index (χ4n) is 2.96. The number of ether oxygens (including phenoxy) is 1. The van der Waals surface area contributed by atoms with Crippen molar-refractivity contribution in [3.05, 3.63) is 29.8 Å². The van der Waals surface area contributed by atoms with E-state index in [1.165, 1.54) is 18.2 Å². The summed E-state index contributed by atoms with van der Waals surface area (Å²) in [6.07, 6.45) is -1.72. The van der Waals surface area contributed by atoms with E-state index < -0.39 is 11.7 Å². The van der Waals surface area contributed by atoms with E-state index in [0.29, 0.717) is 6.54 Å². The van der Waals surface area contributed by atoms with Gasteiger partial charge in [-0.1, -0.05) is 18.6 Å². The summed E-state index contributed by atoms with van der Waals surface area (Å²) in [6, 6.07) is 5.03. The Morgan fingerprint density at radius 2 is 2.04 bits per heavy atom. The van der Waals surface area contributed by atoms with Crippen LogP contribution < -0.4 is 15.8 Å². The Morgan fingerprint density at radius 1 is 1.30 bits per heavy atom. The van der Waals surface area contributed by atoms with Crippen LogP contribution in [0.25, 0.3) is 0 Å². The predicted molar refractivity (Wildman–Crippen MR) is 79.8 cm³/mol. The lowest BCUT2D eigenvalue weighted by Gasteiger charge is -2.18. The maximum absolute atomic E-state index is 12.8. The van der Waals surface area contributed by atoms with Crippen LogP contribution in [-0.2, 0) is 11.0 Å². The molecular weight excluding hydrogens is 309 g/mol. The second-order valence-electron chi connectivity index (χ2n) is 5.67. The second kappa shape index (κ2) is 7.68. The van der Waals surface area contributed by atoms with Crippen LogP contribution in [0.3, 0.4) is 0 Å². The molecule has 1 fully saturated rings. The molecule has 1 aliphatic carbocycles. The molecule has 0 unspecified atom stereocenters. The largest absolute Gasteiger partial charge is 0.491 e. The minimum absolute atomic E-state index is 0.0150. The Kier molecular flexibility index (Phi) is 5.87. The highest BCUT2D eigenvalue weighted by Crippen LogP contribution is 2.35. The number of nitrogens with one attached hydrogen (secondary N) is 1. The number of nitrogens with two attached hydrogens (primary N) is 1. The number of carbonyl (C=O) groups excluding carboxylic acids is 1. The molecule has 2 rings (SSSR count). The molecule has 3 N–H and O–H groups in total. The SMILES string of the molecule is NC[C@H]1CCC[C@H]1C(=O)NCCOc1ccccc1C(F)(F)F. The summed E-state index contributed by atoms with van der Waals surface area (Å²) >= 11 is 0. The third-order valence-electron chi connectivity index (χ3n) is 4.15. The normalized spacial score (nSPS) is 21.2. The van der Waals surface area contributed by atoms with Gasteiger partial charge in [0, 0.05) is 5.92 Å². The third-order valence-corrected chi connectivity index (χ3v) is 4.15. The Balaban J connectivity index is 1.81. The molecule has 1 amide bonds. The van der Waals surface area contributed by atoms with Gasteiger partial charge in [-0.15, -0.1) is 0 Å². The molecule has 1 aromatic rings. The molecular formula is C16H21F3N2O2. The van der Waals surface area contributed by atoms with Crippen molar-refractivity contribution in [1.82, 2.24) is 5.32 Å². The average molecular weight is 330 g/mol. The maximum atomic E-state index is 12.8. The molecule has 1 aliphatic rings. The lowest BCUT2D eigenvalue weighted by molar-refractivity contribution is -0.139. The van der Waals surface area contributed by atoms with E-state index in [1.807, 2.05) is 0 Å². The van der Waals surface area contributed by atoms with Gasteiger partial charge in [0.05, 0.1) is 12.1 Å². The van der Waals surface area contributed by atoms with Gasteiger partial charge in [0.15, 0.2) is 0 Å². The molecule has 0 saturated heterocycles. The molecule has 0 aliphatic heterocycles. The van der Waals surface area contributed by atoms with Gasteiger partial charge in [0.2, 0.25) is 5.91 Å². The van der Waals surface area contributed by atoms with Crippen LogP contribution in [0.15, 0.2) is 24.3 Å². The Hall–Kier alpha value is -1.76. The van der Waals surface area contributed by atoms with E-state index in [-0.39, 0.29) is 36.6 Å². The number of carbonyl (C=O) groups is 1. The van der Waals surface area contributed by atoms with Crippen molar-refractivity contribution in [2.24, 2.45) is 17.6 Å². The summed E-state index contributed by atoms with van der Waals surface area (Å²) in [5.41, 5.74) is 4.82.